The summed E-state index contributed by atoms with van der Waals surface area (Å²) in [6, 6.07) is 0. The normalized spacial score (nSPS) is 12.6. The molecule has 0 fully saturated rings. The lowest BCUT2D eigenvalue weighted by Crippen LogP contribution is -2.45. The summed E-state index contributed by atoms with van der Waals surface area (Å²) in [5.74, 6) is -0.345. The third kappa shape index (κ3) is 7.28. The molecule has 0 unspecified atom stereocenters. The monoisotopic (exact) mass is 286 g/mol. The van der Waals surface area contributed by atoms with Crippen molar-refractivity contribution in [2.45, 2.75) is 26.3 Å². The Morgan fingerprint density at radius 3 is 2.21 bits per heavy atom. The van der Waals surface area contributed by atoms with E-state index in [1.807, 2.05) is 20.8 Å². The Morgan fingerprint density at radius 2 is 1.86 bits per heavy atom. The predicted octanol–water partition coefficient (Wildman–Crippen LogP) is 0.173. The van der Waals surface area contributed by atoms with Crippen LogP contribution in [0.5, 0.6) is 0 Å². The largest absolute Gasteiger partial charge is 0.350 e. The molecule has 0 aliphatic carbocycles. The van der Waals surface area contributed by atoms with Crippen molar-refractivity contribution in [1.29, 1.82) is 0 Å². The van der Waals surface area contributed by atoms with Crippen LogP contribution in [-0.2, 0) is 14.8 Å². The molecule has 0 rings (SSSR count). The second-order valence-corrected chi connectivity index (χ2v) is 6.95. The van der Waals surface area contributed by atoms with Crippen molar-refractivity contribution in [3.8, 4) is 0 Å². The van der Waals surface area contributed by atoms with Crippen LogP contribution in [0.4, 0.5) is 0 Å². The van der Waals surface area contributed by atoms with Crippen molar-refractivity contribution in [2.75, 3.05) is 11.2 Å². The Balaban J connectivity index is 4.00. The minimum absolute atomic E-state index is 0.206. The fourth-order valence-electron chi connectivity index (χ4n) is 0.677. The lowest BCUT2D eigenvalue weighted by Gasteiger charge is -2.20. The number of sulfonamides is 1. The highest BCUT2D eigenvalue weighted by Gasteiger charge is 2.15. The van der Waals surface area contributed by atoms with Gasteiger partial charge in [0.15, 0.2) is 0 Å². The van der Waals surface area contributed by atoms with E-state index in [2.05, 4.69) is 26.0 Å². The van der Waals surface area contributed by atoms with Gasteiger partial charge in [0, 0.05) is 5.54 Å². The summed E-state index contributed by atoms with van der Waals surface area (Å²) in [4.78, 5) is 11.2. The molecule has 0 aromatic carbocycles. The van der Waals surface area contributed by atoms with Crippen molar-refractivity contribution < 1.29 is 13.2 Å². The first-order valence-corrected chi connectivity index (χ1v) is 6.78. The van der Waals surface area contributed by atoms with Crippen LogP contribution in [0.2, 0.25) is 0 Å². The lowest BCUT2D eigenvalue weighted by molar-refractivity contribution is -0.121. The molecule has 7 heteroatoms. The standard InChI is InChI=1S/C7H15BrN2O3S/c1-7(2,3)10-6(11)4-9-14(12,13)5-8/h9H,4-5H2,1-3H3,(H,10,11). The highest BCUT2D eigenvalue weighted by atomic mass is 79.9. The van der Waals surface area contributed by atoms with E-state index in [0.717, 1.165) is 0 Å². The van der Waals surface area contributed by atoms with E-state index in [9.17, 15) is 13.2 Å². The molecule has 0 heterocycles. The third-order valence-electron chi connectivity index (χ3n) is 1.11. The number of halogens is 1. The van der Waals surface area contributed by atoms with Gasteiger partial charge in [0.25, 0.3) is 0 Å². The summed E-state index contributed by atoms with van der Waals surface area (Å²) >= 11 is 2.80. The van der Waals surface area contributed by atoms with Gasteiger partial charge in [-0.05, 0) is 20.8 Å². The zero-order valence-electron chi connectivity index (χ0n) is 8.43. The zero-order chi connectivity index (χ0) is 11.4. The highest BCUT2D eigenvalue weighted by Crippen LogP contribution is 1.97. The summed E-state index contributed by atoms with van der Waals surface area (Å²) in [5, 5.41) is 2.63. The minimum atomic E-state index is -3.36. The molecule has 0 aromatic rings. The molecule has 0 aromatic heterocycles. The Morgan fingerprint density at radius 1 is 1.36 bits per heavy atom. The van der Waals surface area contributed by atoms with Gasteiger partial charge in [0.05, 0.1) is 6.54 Å². The molecular weight excluding hydrogens is 272 g/mol. The summed E-state index contributed by atoms with van der Waals surface area (Å²) in [7, 11) is -3.36. The maximum atomic E-state index is 11.2. The van der Waals surface area contributed by atoms with E-state index in [1.165, 1.54) is 0 Å². The first-order chi connectivity index (χ1) is 6.16. The topological polar surface area (TPSA) is 75.3 Å². The van der Waals surface area contributed by atoms with Crippen molar-refractivity contribution >= 4 is 31.9 Å². The van der Waals surface area contributed by atoms with E-state index in [4.69, 9.17) is 0 Å². The number of amides is 1. The van der Waals surface area contributed by atoms with Gasteiger partial charge in [-0.3, -0.25) is 4.79 Å². The second kappa shape index (κ2) is 5.09. The van der Waals surface area contributed by atoms with Crippen LogP contribution in [0.15, 0.2) is 0 Å². The van der Waals surface area contributed by atoms with Gasteiger partial charge < -0.3 is 5.32 Å². The number of nitrogens with one attached hydrogen (secondary N) is 2. The number of carbonyl (C=O) groups is 1. The number of alkyl halides is 1. The van der Waals surface area contributed by atoms with Gasteiger partial charge in [-0.1, -0.05) is 15.9 Å². The fourth-order valence-corrected chi connectivity index (χ4v) is 1.59. The summed E-state index contributed by atoms with van der Waals surface area (Å²) in [6.45, 7) is 5.24. The highest BCUT2D eigenvalue weighted by molar-refractivity contribution is 9.10. The van der Waals surface area contributed by atoms with Crippen molar-refractivity contribution in [3.63, 3.8) is 0 Å². The average Bonchev–Trinajstić information content (AvgIpc) is 1.98. The smallest absolute Gasteiger partial charge is 0.235 e. The van der Waals surface area contributed by atoms with E-state index < -0.39 is 10.0 Å². The quantitative estimate of drug-likeness (QED) is 0.724. The fraction of sp³-hybridized carbons (Fsp3) is 0.857. The van der Waals surface area contributed by atoms with Crippen LogP contribution in [0.25, 0.3) is 0 Å². The minimum Gasteiger partial charge on any atom is -0.350 e. The zero-order valence-corrected chi connectivity index (χ0v) is 10.8. The Hall–Kier alpha value is -0.140. The summed E-state index contributed by atoms with van der Waals surface area (Å²) < 4.78 is 23.8. The molecule has 0 bridgehead atoms. The first-order valence-electron chi connectivity index (χ1n) is 4.00. The molecule has 0 saturated carbocycles. The molecule has 5 nitrogen and oxygen atoms in total. The van der Waals surface area contributed by atoms with Gasteiger partial charge in [-0.15, -0.1) is 0 Å². The molecule has 0 spiro atoms. The van der Waals surface area contributed by atoms with E-state index >= 15 is 0 Å². The predicted molar refractivity (Wildman–Crippen MR) is 58.6 cm³/mol. The molecule has 0 saturated heterocycles. The lowest BCUT2D eigenvalue weighted by atomic mass is 10.1. The maximum absolute atomic E-state index is 11.2. The molecule has 2 N–H and O–H groups in total. The SMILES string of the molecule is CC(C)(C)NC(=O)CNS(=O)(=O)CBr. The van der Waals surface area contributed by atoms with Crippen LogP contribution < -0.4 is 10.0 Å². The van der Waals surface area contributed by atoms with Crippen molar-refractivity contribution in [3.05, 3.63) is 0 Å². The molecule has 0 aliphatic heterocycles. The molecule has 84 valence electrons. The van der Waals surface area contributed by atoms with Crippen LogP contribution >= 0.6 is 15.9 Å². The summed E-state index contributed by atoms with van der Waals surface area (Å²) in [5.41, 5.74) is -0.350. The van der Waals surface area contributed by atoms with Gasteiger partial charge in [-0.2, -0.15) is 0 Å². The molecule has 14 heavy (non-hydrogen) atoms. The van der Waals surface area contributed by atoms with Crippen molar-refractivity contribution in [1.82, 2.24) is 10.0 Å². The Kier molecular flexibility index (Phi) is 5.03. The van der Waals surface area contributed by atoms with Gasteiger partial charge in [0.1, 0.15) is 4.66 Å². The number of rotatable bonds is 4. The Bertz CT molecular complexity index is 295. The molecule has 0 radical (unpaired) electrons. The van der Waals surface area contributed by atoms with Crippen LogP contribution in [0.3, 0.4) is 0 Å². The van der Waals surface area contributed by atoms with Crippen LogP contribution in [0, 0.1) is 0 Å². The van der Waals surface area contributed by atoms with Gasteiger partial charge in [0.2, 0.25) is 15.9 Å². The van der Waals surface area contributed by atoms with Gasteiger partial charge in [-0.25, -0.2) is 13.1 Å². The molecule has 0 aliphatic rings. The van der Waals surface area contributed by atoms with Crippen LogP contribution in [-0.4, -0.2) is 31.1 Å². The average molecular weight is 287 g/mol. The summed E-state index contributed by atoms with van der Waals surface area (Å²) in [6.07, 6.45) is 0. The number of carbonyl (C=O) groups excluding carboxylic acids is 1. The maximum Gasteiger partial charge on any atom is 0.235 e. The number of hydrogen-bond acceptors (Lipinski definition) is 3. The Labute approximate surface area is 92.8 Å². The second-order valence-electron chi connectivity index (χ2n) is 3.84. The third-order valence-corrected chi connectivity index (χ3v) is 3.79. The number of hydrogen-bond donors (Lipinski definition) is 2. The molecular formula is C7H15BrN2O3S. The van der Waals surface area contributed by atoms with Crippen LogP contribution in [0.1, 0.15) is 20.8 Å². The van der Waals surface area contributed by atoms with Gasteiger partial charge >= 0.3 is 0 Å². The molecule has 1 amide bonds. The van der Waals surface area contributed by atoms with E-state index in [1.54, 1.807) is 0 Å². The van der Waals surface area contributed by atoms with E-state index in [-0.39, 0.29) is 22.7 Å². The first kappa shape index (κ1) is 13.9. The molecule has 0 atom stereocenters. The van der Waals surface area contributed by atoms with Crippen molar-refractivity contribution in [2.24, 2.45) is 0 Å². The van der Waals surface area contributed by atoms with E-state index in [0.29, 0.717) is 0 Å².